The largest absolute Gasteiger partial charge is 0.508 e. The predicted octanol–water partition coefficient (Wildman–Crippen LogP) is 0.758. The number of benzene rings is 1. The highest BCUT2D eigenvalue weighted by Gasteiger charge is 2.32. The minimum absolute atomic E-state index is 0.00876. The number of aromatic hydroxyl groups is 1. The predicted molar refractivity (Wildman–Crippen MR) is 139 cm³/mol. The van der Waals surface area contributed by atoms with Gasteiger partial charge in [0.25, 0.3) is 0 Å². The van der Waals surface area contributed by atoms with Crippen LogP contribution >= 0.6 is 0 Å². The van der Waals surface area contributed by atoms with Crippen molar-refractivity contribution < 1.29 is 39.3 Å². The van der Waals surface area contributed by atoms with Gasteiger partial charge in [0.1, 0.15) is 23.9 Å². The van der Waals surface area contributed by atoms with Crippen LogP contribution in [0.15, 0.2) is 24.3 Å². The highest BCUT2D eigenvalue weighted by molar-refractivity contribution is 5.94. The molecule has 1 rings (SSSR count). The van der Waals surface area contributed by atoms with Gasteiger partial charge in [-0.2, -0.15) is 0 Å². The van der Waals surface area contributed by atoms with E-state index in [9.17, 15) is 34.2 Å². The first-order valence-corrected chi connectivity index (χ1v) is 12.6. The Morgan fingerprint density at radius 1 is 0.868 bits per heavy atom. The molecule has 5 unspecified atom stereocenters. The fourth-order valence-electron chi connectivity index (χ4n) is 3.68. The fourth-order valence-corrected chi connectivity index (χ4v) is 3.68. The fraction of sp³-hybridized carbons (Fsp3) is 0.577. The van der Waals surface area contributed by atoms with E-state index in [4.69, 9.17) is 10.8 Å². The van der Waals surface area contributed by atoms with Crippen LogP contribution in [-0.2, 0) is 30.4 Å². The van der Waals surface area contributed by atoms with Gasteiger partial charge in [-0.05, 0) is 42.4 Å². The summed E-state index contributed by atoms with van der Waals surface area (Å²) in [5.41, 5.74) is 6.38. The van der Waals surface area contributed by atoms with E-state index >= 15 is 0 Å². The highest BCUT2D eigenvalue weighted by atomic mass is 16.4. The highest BCUT2D eigenvalue weighted by Crippen LogP contribution is 2.14. The van der Waals surface area contributed by atoms with Crippen molar-refractivity contribution in [2.45, 2.75) is 84.0 Å². The van der Waals surface area contributed by atoms with E-state index in [2.05, 4.69) is 16.0 Å². The van der Waals surface area contributed by atoms with Crippen molar-refractivity contribution >= 4 is 29.7 Å². The summed E-state index contributed by atoms with van der Waals surface area (Å²) < 4.78 is 0. The first-order chi connectivity index (χ1) is 17.7. The van der Waals surface area contributed by atoms with Crippen molar-refractivity contribution in [1.29, 1.82) is 0 Å². The molecular weight excluding hydrogens is 496 g/mol. The third kappa shape index (κ3) is 11.2. The number of carbonyl (C=O) groups excluding carboxylic acids is 3. The Balaban J connectivity index is 3.16. The van der Waals surface area contributed by atoms with E-state index in [0.717, 1.165) is 0 Å². The van der Waals surface area contributed by atoms with Crippen molar-refractivity contribution in [3.63, 3.8) is 0 Å². The molecule has 3 amide bonds. The van der Waals surface area contributed by atoms with Crippen molar-refractivity contribution in [2.24, 2.45) is 17.6 Å². The van der Waals surface area contributed by atoms with Crippen LogP contribution in [0.5, 0.6) is 5.75 Å². The first-order valence-electron chi connectivity index (χ1n) is 12.6. The molecule has 0 saturated heterocycles. The number of aliphatic carboxylic acids is 2. The minimum atomic E-state index is -1.21. The zero-order valence-corrected chi connectivity index (χ0v) is 22.3. The van der Waals surface area contributed by atoms with Gasteiger partial charge < -0.3 is 37.0 Å². The number of nitrogens with one attached hydrogen (secondary N) is 3. The van der Waals surface area contributed by atoms with Crippen LogP contribution in [0, 0.1) is 11.8 Å². The molecule has 0 heterocycles. The summed E-state index contributed by atoms with van der Waals surface area (Å²) in [6.07, 6.45) is 0.268. The van der Waals surface area contributed by atoms with Crippen LogP contribution in [0.25, 0.3) is 0 Å². The van der Waals surface area contributed by atoms with Gasteiger partial charge in [0.2, 0.25) is 17.7 Å². The molecule has 5 atom stereocenters. The smallest absolute Gasteiger partial charge is 0.326 e. The van der Waals surface area contributed by atoms with Gasteiger partial charge in [0.15, 0.2) is 0 Å². The minimum Gasteiger partial charge on any atom is -0.508 e. The Morgan fingerprint density at radius 2 is 1.42 bits per heavy atom. The number of carbonyl (C=O) groups is 5. The molecule has 0 fully saturated rings. The van der Waals surface area contributed by atoms with Crippen LogP contribution in [-0.4, -0.2) is 69.1 Å². The lowest BCUT2D eigenvalue weighted by Gasteiger charge is -2.27. The lowest BCUT2D eigenvalue weighted by Crippen LogP contribution is -2.58. The molecule has 0 aliphatic rings. The Labute approximate surface area is 222 Å². The number of amides is 3. The first kappa shape index (κ1) is 32.4. The third-order valence-corrected chi connectivity index (χ3v) is 6.13. The molecule has 0 aliphatic carbocycles. The van der Waals surface area contributed by atoms with E-state index in [1.807, 2.05) is 13.8 Å². The average molecular weight is 537 g/mol. The SMILES string of the molecule is CCC(C)C(NC(=O)C(Cc1ccc(O)cc1)NC(=O)C(CC(C)C)NC(=O)C(N)CCC(=O)O)C(=O)O. The Morgan fingerprint density at radius 3 is 1.92 bits per heavy atom. The summed E-state index contributed by atoms with van der Waals surface area (Å²) in [4.78, 5) is 61.6. The molecule has 0 aliphatic heterocycles. The summed E-state index contributed by atoms with van der Waals surface area (Å²) in [6, 6.07) is 1.40. The second-order valence-electron chi connectivity index (χ2n) is 9.87. The maximum absolute atomic E-state index is 13.3. The lowest BCUT2D eigenvalue weighted by atomic mass is 9.97. The number of phenolic OH excluding ortho intramolecular Hbond substituents is 1. The van der Waals surface area contributed by atoms with E-state index in [-0.39, 0.29) is 43.3 Å². The topological polar surface area (TPSA) is 208 Å². The molecule has 1 aromatic carbocycles. The van der Waals surface area contributed by atoms with Crippen molar-refractivity contribution in [2.75, 3.05) is 0 Å². The van der Waals surface area contributed by atoms with Crippen LogP contribution in [0.3, 0.4) is 0 Å². The summed E-state index contributed by atoms with van der Waals surface area (Å²) in [5, 5.41) is 35.7. The molecule has 12 heteroatoms. The molecule has 38 heavy (non-hydrogen) atoms. The molecule has 0 saturated carbocycles. The van der Waals surface area contributed by atoms with Crippen molar-refractivity contribution in [3.05, 3.63) is 29.8 Å². The van der Waals surface area contributed by atoms with Gasteiger partial charge in [-0.25, -0.2) is 4.79 Å². The van der Waals surface area contributed by atoms with Gasteiger partial charge in [0, 0.05) is 12.8 Å². The second-order valence-corrected chi connectivity index (χ2v) is 9.87. The molecule has 0 spiro atoms. The van der Waals surface area contributed by atoms with E-state index in [1.54, 1.807) is 26.0 Å². The molecular formula is C26H40N4O8. The average Bonchev–Trinajstić information content (AvgIpc) is 2.84. The molecule has 8 N–H and O–H groups in total. The standard InChI is InChI=1S/C26H40N4O8/c1-5-15(4)22(26(37)38)30-25(36)20(13-16-6-8-17(31)9-7-16)29-24(35)19(12-14(2)3)28-23(34)18(27)10-11-21(32)33/h6-9,14-15,18-20,22,31H,5,10-13,27H2,1-4H3,(H,28,34)(H,29,35)(H,30,36)(H,32,33)(H,37,38). The number of carboxylic acid groups (broad SMARTS) is 2. The monoisotopic (exact) mass is 536 g/mol. The zero-order valence-electron chi connectivity index (χ0n) is 22.3. The van der Waals surface area contributed by atoms with Crippen LogP contribution in [0.4, 0.5) is 0 Å². The number of nitrogens with two attached hydrogens (primary N) is 1. The van der Waals surface area contributed by atoms with Crippen LogP contribution < -0.4 is 21.7 Å². The van der Waals surface area contributed by atoms with E-state index in [1.165, 1.54) is 12.1 Å². The summed E-state index contributed by atoms with van der Waals surface area (Å²) >= 11 is 0. The van der Waals surface area contributed by atoms with E-state index in [0.29, 0.717) is 12.0 Å². The number of rotatable bonds is 16. The molecule has 1 aromatic rings. The molecule has 0 bridgehead atoms. The normalized spacial score (nSPS) is 15.0. The van der Waals surface area contributed by atoms with E-state index < -0.39 is 53.8 Å². The number of phenols is 1. The van der Waals surface area contributed by atoms with Gasteiger partial charge in [-0.1, -0.05) is 46.2 Å². The van der Waals surface area contributed by atoms with Gasteiger partial charge in [-0.3, -0.25) is 19.2 Å². The van der Waals surface area contributed by atoms with Crippen LogP contribution in [0.2, 0.25) is 0 Å². The van der Waals surface area contributed by atoms with Crippen molar-refractivity contribution in [1.82, 2.24) is 16.0 Å². The molecule has 12 nitrogen and oxygen atoms in total. The quantitative estimate of drug-likeness (QED) is 0.159. The number of hydrogen-bond donors (Lipinski definition) is 7. The summed E-state index contributed by atoms with van der Waals surface area (Å²) in [5.74, 6) is -4.80. The van der Waals surface area contributed by atoms with Crippen LogP contribution in [0.1, 0.15) is 58.9 Å². The summed E-state index contributed by atoms with van der Waals surface area (Å²) in [6.45, 7) is 7.15. The molecule has 212 valence electrons. The zero-order chi connectivity index (χ0) is 29.0. The summed E-state index contributed by atoms with van der Waals surface area (Å²) in [7, 11) is 0. The van der Waals surface area contributed by atoms with Crippen molar-refractivity contribution in [3.8, 4) is 5.75 Å². The molecule has 0 aromatic heterocycles. The molecule has 0 radical (unpaired) electrons. The van der Waals surface area contributed by atoms with Gasteiger partial charge in [0.05, 0.1) is 6.04 Å². The maximum atomic E-state index is 13.3. The Hall–Kier alpha value is -3.67. The number of carboxylic acids is 2. The lowest BCUT2D eigenvalue weighted by molar-refractivity contribution is -0.144. The van der Waals surface area contributed by atoms with Gasteiger partial charge >= 0.3 is 11.9 Å². The number of hydrogen-bond acceptors (Lipinski definition) is 7. The van der Waals surface area contributed by atoms with Gasteiger partial charge in [-0.15, -0.1) is 0 Å². The Bertz CT molecular complexity index is 966. The second kappa shape index (κ2) is 15.6. The Kier molecular flexibility index (Phi) is 13.2. The maximum Gasteiger partial charge on any atom is 0.326 e. The third-order valence-electron chi connectivity index (χ3n) is 6.13.